The van der Waals surface area contributed by atoms with Crippen LogP contribution in [-0.4, -0.2) is 29.6 Å². The second-order valence-electron chi connectivity index (χ2n) is 11.5. The Morgan fingerprint density at radius 3 is 2.73 bits per heavy atom. The van der Waals surface area contributed by atoms with Crippen LogP contribution in [0.3, 0.4) is 0 Å². The number of rotatable bonds is 4. The van der Waals surface area contributed by atoms with Gasteiger partial charge in [0.25, 0.3) is 0 Å². The zero-order valence-corrected chi connectivity index (χ0v) is 18.7. The maximum Gasteiger partial charge on any atom is 0.139 e. The SMILES string of the molecule is C[C@]12CCC(NOC3CCCC3N)=CC1[C@@H](CO)C[C@@H]1[C@@H]2CC[C@]2(C)C(=O)CC[C@@H]12. The van der Waals surface area contributed by atoms with Gasteiger partial charge in [-0.25, -0.2) is 0 Å². The van der Waals surface area contributed by atoms with Crippen molar-refractivity contribution in [2.24, 2.45) is 46.2 Å². The monoisotopic (exact) mass is 416 g/mol. The number of nitrogens with two attached hydrogens (primary N) is 1. The summed E-state index contributed by atoms with van der Waals surface area (Å²) in [4.78, 5) is 18.7. The molecule has 0 aromatic rings. The fraction of sp³-hybridized carbons (Fsp3) is 0.880. The summed E-state index contributed by atoms with van der Waals surface area (Å²) in [5, 5.41) is 10.4. The van der Waals surface area contributed by atoms with Crippen LogP contribution >= 0.6 is 0 Å². The average molecular weight is 417 g/mol. The molecule has 4 fully saturated rings. The summed E-state index contributed by atoms with van der Waals surface area (Å²) in [6.07, 6.45) is 13.0. The number of aliphatic hydroxyl groups excluding tert-OH is 1. The van der Waals surface area contributed by atoms with E-state index in [1.54, 1.807) is 0 Å². The van der Waals surface area contributed by atoms with Crippen LogP contribution in [0.5, 0.6) is 0 Å². The Bertz CT molecular complexity index is 723. The van der Waals surface area contributed by atoms with Crippen molar-refractivity contribution in [2.75, 3.05) is 6.61 Å². The number of nitrogens with one attached hydrogen (secondary N) is 1. The molecule has 0 aromatic carbocycles. The van der Waals surface area contributed by atoms with Crippen LogP contribution in [0, 0.1) is 40.4 Å². The number of fused-ring (bicyclic) bond motifs is 5. The van der Waals surface area contributed by atoms with Gasteiger partial charge < -0.3 is 10.8 Å². The minimum absolute atomic E-state index is 0.102. The molecule has 5 rings (SSSR count). The van der Waals surface area contributed by atoms with E-state index in [1.165, 1.54) is 12.1 Å². The molecule has 0 bridgehead atoms. The van der Waals surface area contributed by atoms with Gasteiger partial charge in [-0.2, -0.15) is 0 Å². The first-order chi connectivity index (χ1) is 14.4. The number of aliphatic hydroxyl groups is 1. The molecule has 0 aliphatic heterocycles. The van der Waals surface area contributed by atoms with Crippen molar-refractivity contribution in [1.82, 2.24) is 5.48 Å². The highest BCUT2D eigenvalue weighted by atomic mass is 16.7. The second-order valence-corrected chi connectivity index (χ2v) is 11.5. The third-order valence-electron chi connectivity index (χ3n) is 10.2. The molecule has 0 amide bonds. The van der Waals surface area contributed by atoms with Crippen molar-refractivity contribution in [1.29, 1.82) is 0 Å². The van der Waals surface area contributed by atoms with E-state index in [-0.39, 0.29) is 35.5 Å². The summed E-state index contributed by atoms with van der Waals surface area (Å²) in [6.45, 7) is 4.94. The third kappa shape index (κ3) is 3.10. The smallest absolute Gasteiger partial charge is 0.139 e. The number of ketones is 1. The Morgan fingerprint density at radius 2 is 2.00 bits per heavy atom. The van der Waals surface area contributed by atoms with Crippen LogP contribution in [0.1, 0.15) is 78.1 Å². The molecular weight excluding hydrogens is 376 g/mol. The van der Waals surface area contributed by atoms with Crippen LogP contribution < -0.4 is 11.2 Å². The van der Waals surface area contributed by atoms with Gasteiger partial charge in [0.1, 0.15) is 11.9 Å². The molecule has 3 unspecified atom stereocenters. The zero-order chi connectivity index (χ0) is 21.1. The maximum absolute atomic E-state index is 12.7. The Balaban J connectivity index is 1.36. The van der Waals surface area contributed by atoms with Crippen LogP contribution in [0.15, 0.2) is 11.8 Å². The highest BCUT2D eigenvalue weighted by Crippen LogP contribution is 2.66. The molecular formula is C25H40N2O3. The standard InChI is InChI=1S/C25H40N2O3/c1-24-10-8-16(27-30-22-5-3-4-21(22)26)13-20(24)15(14-28)12-17-18-6-7-23(29)25(18,2)11-9-19(17)24/h13,15,17-22,27-28H,3-12,14,26H2,1-2H3/t15-,17+,18+,19+,20?,21?,22?,24-,25+/m1/s1. The Hall–Kier alpha value is -0.910. The molecule has 30 heavy (non-hydrogen) atoms. The summed E-state index contributed by atoms with van der Waals surface area (Å²) in [7, 11) is 0. The Labute approximate surface area is 181 Å². The molecule has 4 N–H and O–H groups in total. The molecule has 4 saturated carbocycles. The number of hydrogen-bond acceptors (Lipinski definition) is 5. The van der Waals surface area contributed by atoms with Gasteiger partial charge in [0.05, 0.1) is 0 Å². The number of Topliss-reactive ketones (excluding diaryl/α,β-unsaturated/α-hetero) is 1. The van der Waals surface area contributed by atoms with Gasteiger partial charge in [-0.3, -0.25) is 15.1 Å². The van der Waals surface area contributed by atoms with Gasteiger partial charge in [0.15, 0.2) is 0 Å². The van der Waals surface area contributed by atoms with E-state index in [9.17, 15) is 9.90 Å². The van der Waals surface area contributed by atoms with Gasteiger partial charge in [-0.15, -0.1) is 0 Å². The van der Waals surface area contributed by atoms with Crippen LogP contribution in [0.25, 0.3) is 0 Å². The number of hydroxylamine groups is 1. The lowest BCUT2D eigenvalue weighted by atomic mass is 9.44. The minimum Gasteiger partial charge on any atom is -0.396 e. The van der Waals surface area contributed by atoms with Crippen LogP contribution in [0.4, 0.5) is 0 Å². The Morgan fingerprint density at radius 1 is 1.17 bits per heavy atom. The first kappa shape index (κ1) is 21.0. The Kier molecular flexibility index (Phi) is 5.31. The minimum atomic E-state index is -0.102. The maximum atomic E-state index is 12.7. The summed E-state index contributed by atoms with van der Waals surface area (Å²) in [5.74, 6) is 2.92. The molecule has 0 spiro atoms. The molecule has 168 valence electrons. The van der Waals surface area contributed by atoms with Gasteiger partial charge in [-0.05, 0) is 92.8 Å². The molecule has 5 heteroatoms. The van der Waals surface area contributed by atoms with Crippen LogP contribution in [-0.2, 0) is 9.63 Å². The number of allylic oxidation sites excluding steroid dienone is 2. The van der Waals surface area contributed by atoms with Gasteiger partial charge in [-0.1, -0.05) is 19.9 Å². The molecule has 9 atom stereocenters. The van der Waals surface area contributed by atoms with E-state index in [2.05, 4.69) is 25.4 Å². The number of carbonyl (C=O) groups excluding carboxylic acids is 1. The lowest BCUT2D eigenvalue weighted by Gasteiger charge is -2.60. The quantitative estimate of drug-likeness (QED) is 0.609. The van der Waals surface area contributed by atoms with Gasteiger partial charge in [0, 0.05) is 30.2 Å². The fourth-order valence-electron chi connectivity index (χ4n) is 8.40. The average Bonchev–Trinajstić information content (AvgIpc) is 3.28. The molecule has 5 nitrogen and oxygen atoms in total. The second kappa shape index (κ2) is 7.60. The van der Waals surface area contributed by atoms with Crippen molar-refractivity contribution in [3.8, 4) is 0 Å². The summed E-state index contributed by atoms with van der Waals surface area (Å²) in [5.41, 5.74) is 10.7. The summed E-state index contributed by atoms with van der Waals surface area (Å²) >= 11 is 0. The molecule has 0 aromatic heterocycles. The molecule has 0 saturated heterocycles. The van der Waals surface area contributed by atoms with Crippen molar-refractivity contribution < 1.29 is 14.7 Å². The predicted molar refractivity (Wildman–Crippen MR) is 116 cm³/mol. The van der Waals surface area contributed by atoms with E-state index in [0.29, 0.717) is 29.5 Å². The normalized spacial score (nSPS) is 50.5. The van der Waals surface area contributed by atoms with Gasteiger partial charge in [0.2, 0.25) is 0 Å². The van der Waals surface area contributed by atoms with Crippen molar-refractivity contribution in [3.63, 3.8) is 0 Å². The van der Waals surface area contributed by atoms with E-state index in [1.807, 2.05) is 0 Å². The molecule has 5 aliphatic rings. The number of carbonyl (C=O) groups is 1. The predicted octanol–water partition coefficient (Wildman–Crippen LogP) is 3.71. The third-order valence-corrected chi connectivity index (χ3v) is 10.2. The zero-order valence-electron chi connectivity index (χ0n) is 18.7. The van der Waals surface area contributed by atoms with Crippen molar-refractivity contribution in [3.05, 3.63) is 11.8 Å². The summed E-state index contributed by atoms with van der Waals surface area (Å²) < 4.78 is 0. The lowest BCUT2D eigenvalue weighted by Crippen LogP contribution is -2.56. The first-order valence-corrected chi connectivity index (χ1v) is 12.4. The largest absolute Gasteiger partial charge is 0.396 e. The van der Waals surface area contributed by atoms with Crippen molar-refractivity contribution in [2.45, 2.75) is 90.2 Å². The van der Waals surface area contributed by atoms with Crippen molar-refractivity contribution >= 4 is 5.78 Å². The highest BCUT2D eigenvalue weighted by molar-refractivity contribution is 5.87. The van der Waals surface area contributed by atoms with E-state index in [0.717, 1.165) is 57.8 Å². The number of hydrogen-bond donors (Lipinski definition) is 3. The van der Waals surface area contributed by atoms with Gasteiger partial charge >= 0.3 is 0 Å². The van der Waals surface area contributed by atoms with E-state index in [4.69, 9.17) is 10.6 Å². The molecule has 0 radical (unpaired) electrons. The molecule has 5 aliphatic carbocycles. The lowest BCUT2D eigenvalue weighted by molar-refractivity contribution is -0.141. The summed E-state index contributed by atoms with van der Waals surface area (Å²) in [6, 6.07) is 0.137. The molecule has 0 heterocycles. The topological polar surface area (TPSA) is 84.6 Å². The van der Waals surface area contributed by atoms with E-state index < -0.39 is 0 Å². The fourth-order valence-corrected chi connectivity index (χ4v) is 8.40. The van der Waals surface area contributed by atoms with E-state index >= 15 is 0 Å². The van der Waals surface area contributed by atoms with Crippen LogP contribution in [0.2, 0.25) is 0 Å². The first-order valence-electron chi connectivity index (χ1n) is 12.4. The highest BCUT2D eigenvalue weighted by Gasteiger charge is 2.61.